The monoisotopic (exact) mass is 420 g/mol. The van der Waals surface area contributed by atoms with Crippen LogP contribution in [0.1, 0.15) is 44.9 Å². The van der Waals surface area contributed by atoms with Gasteiger partial charge >= 0.3 is 5.97 Å². The van der Waals surface area contributed by atoms with Gasteiger partial charge in [0, 0.05) is 36.2 Å². The van der Waals surface area contributed by atoms with Crippen molar-refractivity contribution in [2.45, 2.75) is 39.3 Å². The third-order valence-electron chi connectivity index (χ3n) is 5.16. The van der Waals surface area contributed by atoms with E-state index in [1.807, 2.05) is 19.9 Å². The molecule has 156 valence electrons. The molecule has 0 amide bonds. The summed E-state index contributed by atoms with van der Waals surface area (Å²) in [5, 5.41) is 0.210. The maximum Gasteiger partial charge on any atom is 0.342 e. The maximum absolute atomic E-state index is 12.7. The van der Waals surface area contributed by atoms with E-state index in [-0.39, 0.29) is 40.5 Å². The van der Waals surface area contributed by atoms with Crippen molar-refractivity contribution >= 4 is 29.0 Å². The van der Waals surface area contributed by atoms with Crippen molar-refractivity contribution in [2.75, 3.05) is 26.1 Å². The van der Waals surface area contributed by atoms with Crippen molar-refractivity contribution in [3.8, 4) is 5.75 Å². The molecule has 2 N–H and O–H groups in total. The van der Waals surface area contributed by atoms with E-state index in [4.69, 9.17) is 31.5 Å². The number of anilines is 1. The van der Waals surface area contributed by atoms with Crippen LogP contribution in [0, 0.1) is 13.8 Å². The highest BCUT2D eigenvalue weighted by atomic mass is 35.5. The number of aromatic nitrogens is 1. The average molecular weight is 421 g/mol. The molecule has 1 saturated heterocycles. The second kappa shape index (κ2) is 8.88. The zero-order valence-electron chi connectivity index (χ0n) is 16.8. The van der Waals surface area contributed by atoms with Gasteiger partial charge in [-0.3, -0.25) is 4.79 Å². The maximum atomic E-state index is 12.7. The number of nitrogens with zero attached hydrogens (tertiary/aromatic N) is 1. The van der Waals surface area contributed by atoms with Gasteiger partial charge in [-0.25, -0.2) is 4.79 Å². The third kappa shape index (κ3) is 4.57. The van der Waals surface area contributed by atoms with E-state index in [0.29, 0.717) is 12.1 Å². The van der Waals surface area contributed by atoms with Gasteiger partial charge in [0.15, 0.2) is 6.61 Å². The minimum atomic E-state index is -0.703. The van der Waals surface area contributed by atoms with Gasteiger partial charge in [-0.1, -0.05) is 11.6 Å². The van der Waals surface area contributed by atoms with Gasteiger partial charge in [-0.2, -0.15) is 0 Å². The number of aryl methyl sites for hydroxylation is 1. The van der Waals surface area contributed by atoms with Crippen molar-refractivity contribution in [1.29, 1.82) is 0 Å². The molecule has 2 heterocycles. The van der Waals surface area contributed by atoms with Crippen LogP contribution >= 0.6 is 11.6 Å². The molecule has 0 saturated carbocycles. The number of carbonyl (C=O) groups excluding carboxylic acids is 2. The molecule has 2 aromatic rings. The van der Waals surface area contributed by atoms with E-state index in [2.05, 4.69) is 4.57 Å². The number of rotatable bonds is 7. The number of carbonyl (C=O) groups is 2. The first-order valence-corrected chi connectivity index (χ1v) is 9.81. The summed E-state index contributed by atoms with van der Waals surface area (Å²) in [6, 6.07) is 4.64. The fourth-order valence-electron chi connectivity index (χ4n) is 3.54. The molecule has 0 spiro atoms. The van der Waals surface area contributed by atoms with Crippen LogP contribution < -0.4 is 10.5 Å². The zero-order valence-corrected chi connectivity index (χ0v) is 17.5. The standard InChI is InChI=1S/C21H25ClN2O5/c1-12-7-15(13(2)24(12)10-14-5-4-6-28-14)19(25)11-29-21(26)16-8-17(22)18(23)9-20(16)27-3/h7-9,14H,4-6,10-11,23H2,1-3H3/t14-/m0/s1. The van der Waals surface area contributed by atoms with Gasteiger partial charge in [0.2, 0.25) is 5.78 Å². The van der Waals surface area contributed by atoms with E-state index < -0.39 is 5.97 Å². The quantitative estimate of drug-likeness (QED) is 0.418. The molecule has 1 aliphatic rings. The summed E-state index contributed by atoms with van der Waals surface area (Å²) in [6.45, 7) is 4.95. The van der Waals surface area contributed by atoms with Gasteiger partial charge < -0.3 is 24.5 Å². The van der Waals surface area contributed by atoms with Crippen LogP contribution in [0.2, 0.25) is 5.02 Å². The Balaban J connectivity index is 1.69. The predicted molar refractivity (Wildman–Crippen MR) is 110 cm³/mol. The van der Waals surface area contributed by atoms with Crippen molar-refractivity contribution in [3.63, 3.8) is 0 Å². The van der Waals surface area contributed by atoms with Crippen LogP contribution in [-0.4, -0.2) is 42.7 Å². The van der Waals surface area contributed by atoms with E-state index in [9.17, 15) is 9.59 Å². The Labute approximate surface area is 174 Å². The SMILES string of the molecule is COc1cc(N)c(Cl)cc1C(=O)OCC(=O)c1cc(C)n(C[C@@H]2CCCO2)c1C. The highest BCUT2D eigenvalue weighted by Gasteiger charge is 2.23. The zero-order chi connectivity index (χ0) is 21.1. The van der Waals surface area contributed by atoms with Crippen LogP contribution in [0.5, 0.6) is 5.75 Å². The van der Waals surface area contributed by atoms with E-state index in [0.717, 1.165) is 30.8 Å². The highest BCUT2D eigenvalue weighted by molar-refractivity contribution is 6.33. The number of Topliss-reactive ketones (excluding diaryl/α,β-unsaturated/α-hetero) is 1. The molecule has 0 unspecified atom stereocenters. The molecule has 29 heavy (non-hydrogen) atoms. The number of hydrogen-bond donors (Lipinski definition) is 1. The summed E-state index contributed by atoms with van der Waals surface area (Å²) in [5.74, 6) is -0.741. The number of nitrogen functional groups attached to an aromatic ring is 1. The van der Waals surface area contributed by atoms with Gasteiger partial charge in [0.25, 0.3) is 0 Å². The molecular formula is C21H25ClN2O5. The Kier molecular flexibility index (Phi) is 6.49. The van der Waals surface area contributed by atoms with E-state index in [1.165, 1.54) is 19.2 Å². The Hall–Kier alpha value is -2.51. The fourth-order valence-corrected chi connectivity index (χ4v) is 3.70. The summed E-state index contributed by atoms with van der Waals surface area (Å²) >= 11 is 5.99. The largest absolute Gasteiger partial charge is 0.496 e. The molecule has 3 rings (SSSR count). The number of methoxy groups -OCH3 is 1. The Bertz CT molecular complexity index is 932. The molecule has 1 aliphatic heterocycles. The predicted octanol–water partition coefficient (Wildman–Crippen LogP) is 3.57. The first kappa shape index (κ1) is 21.2. The average Bonchev–Trinajstić information content (AvgIpc) is 3.31. The molecule has 0 bridgehead atoms. The Morgan fingerprint density at radius 3 is 2.69 bits per heavy atom. The Morgan fingerprint density at radius 1 is 1.28 bits per heavy atom. The lowest BCUT2D eigenvalue weighted by Gasteiger charge is -2.15. The van der Waals surface area contributed by atoms with Crippen molar-refractivity contribution in [1.82, 2.24) is 4.57 Å². The topological polar surface area (TPSA) is 92.8 Å². The molecule has 1 aromatic heterocycles. The molecule has 8 heteroatoms. The lowest BCUT2D eigenvalue weighted by Crippen LogP contribution is -2.18. The summed E-state index contributed by atoms with van der Waals surface area (Å²) in [4.78, 5) is 25.1. The molecule has 1 atom stereocenters. The summed E-state index contributed by atoms with van der Waals surface area (Å²) in [6.07, 6.45) is 2.25. The third-order valence-corrected chi connectivity index (χ3v) is 5.48. The molecule has 1 fully saturated rings. The highest BCUT2D eigenvalue weighted by Crippen LogP contribution is 2.29. The van der Waals surface area contributed by atoms with Crippen LogP contribution in [0.3, 0.4) is 0 Å². The van der Waals surface area contributed by atoms with Crippen molar-refractivity contribution in [2.24, 2.45) is 0 Å². The van der Waals surface area contributed by atoms with Crippen LogP contribution in [0.4, 0.5) is 5.69 Å². The second-order valence-electron chi connectivity index (χ2n) is 7.10. The van der Waals surface area contributed by atoms with Gasteiger partial charge in [0.05, 0.1) is 23.9 Å². The molecule has 0 radical (unpaired) electrons. The number of nitrogens with two attached hydrogens (primary N) is 1. The lowest BCUT2D eigenvalue weighted by molar-refractivity contribution is 0.0471. The number of benzene rings is 1. The fraction of sp³-hybridized carbons (Fsp3) is 0.429. The second-order valence-corrected chi connectivity index (χ2v) is 7.51. The van der Waals surface area contributed by atoms with Gasteiger partial charge in [-0.05, 0) is 38.8 Å². The molecule has 7 nitrogen and oxygen atoms in total. The smallest absolute Gasteiger partial charge is 0.342 e. The van der Waals surface area contributed by atoms with Crippen LogP contribution in [0.25, 0.3) is 0 Å². The first-order valence-electron chi connectivity index (χ1n) is 9.43. The van der Waals surface area contributed by atoms with Gasteiger partial charge in [-0.15, -0.1) is 0 Å². The first-order chi connectivity index (χ1) is 13.8. The molecular weight excluding hydrogens is 396 g/mol. The number of ether oxygens (including phenoxy) is 3. The summed E-state index contributed by atoms with van der Waals surface area (Å²) in [7, 11) is 1.41. The van der Waals surface area contributed by atoms with E-state index in [1.54, 1.807) is 0 Å². The van der Waals surface area contributed by atoms with Crippen molar-refractivity contribution < 1.29 is 23.8 Å². The normalized spacial score (nSPS) is 16.1. The van der Waals surface area contributed by atoms with Gasteiger partial charge in [0.1, 0.15) is 11.3 Å². The molecule has 1 aromatic carbocycles. The number of ketones is 1. The lowest BCUT2D eigenvalue weighted by atomic mass is 10.1. The minimum absolute atomic E-state index is 0.114. The number of halogens is 1. The number of hydrogen-bond acceptors (Lipinski definition) is 6. The van der Waals surface area contributed by atoms with E-state index >= 15 is 0 Å². The molecule has 0 aliphatic carbocycles. The van der Waals surface area contributed by atoms with Crippen LogP contribution in [-0.2, 0) is 16.0 Å². The van der Waals surface area contributed by atoms with Crippen LogP contribution in [0.15, 0.2) is 18.2 Å². The number of esters is 1. The minimum Gasteiger partial charge on any atom is -0.496 e. The van der Waals surface area contributed by atoms with Crippen molar-refractivity contribution in [3.05, 3.63) is 45.7 Å². The summed E-state index contributed by atoms with van der Waals surface area (Å²) < 4.78 is 18.1. The Morgan fingerprint density at radius 2 is 2.03 bits per heavy atom. The summed E-state index contributed by atoms with van der Waals surface area (Å²) in [5.41, 5.74) is 8.48.